The quantitative estimate of drug-likeness (QED) is 0.553. The average Bonchev–Trinajstić information content (AvgIpc) is 3.16. The molecule has 10 heteroatoms. The summed E-state index contributed by atoms with van der Waals surface area (Å²) >= 11 is 5.85. The van der Waals surface area contributed by atoms with Crippen LogP contribution in [0.1, 0.15) is 17.3 Å². The largest absolute Gasteiger partial charge is 0.441 e. The Bertz CT molecular complexity index is 1080. The summed E-state index contributed by atoms with van der Waals surface area (Å²) in [5.74, 6) is -0.131. The fourth-order valence-corrected chi connectivity index (χ4v) is 2.81. The summed E-state index contributed by atoms with van der Waals surface area (Å²) in [6, 6.07) is 12.1. The Hall–Kier alpha value is -3.59. The van der Waals surface area contributed by atoms with Crippen molar-refractivity contribution in [2.45, 2.75) is 6.92 Å². The molecule has 154 valence electrons. The lowest BCUT2D eigenvalue weighted by Crippen LogP contribution is -2.29. The van der Waals surface area contributed by atoms with Crippen molar-refractivity contribution in [2.75, 3.05) is 18.2 Å². The summed E-state index contributed by atoms with van der Waals surface area (Å²) < 4.78 is 25.8. The number of halogens is 2. The summed E-state index contributed by atoms with van der Waals surface area (Å²) in [6.07, 6.45) is 1.23. The number of carbonyl (C=O) groups excluding carboxylic acids is 1. The molecular formula is C20H16ClFN4O4. The fourth-order valence-electron chi connectivity index (χ4n) is 2.68. The molecule has 3 aromatic rings. The van der Waals surface area contributed by atoms with E-state index in [1.54, 1.807) is 24.3 Å². The molecule has 8 nitrogen and oxygen atoms in total. The first-order valence-electron chi connectivity index (χ1n) is 8.99. The summed E-state index contributed by atoms with van der Waals surface area (Å²) in [7, 11) is 0. The maximum Gasteiger partial charge on any atom is 0.414 e. The van der Waals surface area contributed by atoms with E-state index in [9.17, 15) is 9.18 Å². The topological polar surface area (TPSA) is 78.2 Å². The van der Waals surface area contributed by atoms with Crippen LogP contribution in [0, 0.1) is 5.82 Å². The maximum atomic E-state index is 13.3. The molecule has 0 saturated carbocycles. The van der Waals surface area contributed by atoms with E-state index >= 15 is 0 Å². The van der Waals surface area contributed by atoms with Crippen LogP contribution in [0.4, 0.5) is 15.9 Å². The zero-order valence-corrected chi connectivity index (χ0v) is 16.5. The Balaban J connectivity index is 1.58. The van der Waals surface area contributed by atoms with E-state index in [-0.39, 0.29) is 30.2 Å². The molecular weight excluding hydrogens is 415 g/mol. The number of carbonyl (C=O) groups is 1. The number of anilines is 2. The molecule has 0 unspecified atom stereocenters. The Morgan fingerprint density at radius 3 is 2.60 bits per heavy atom. The molecule has 0 radical (unpaired) electrons. The van der Waals surface area contributed by atoms with E-state index in [0.29, 0.717) is 28.7 Å². The number of benzene rings is 2. The highest BCUT2D eigenvalue weighted by molar-refractivity contribution is 6.30. The van der Waals surface area contributed by atoms with Gasteiger partial charge in [0.2, 0.25) is 5.82 Å². The molecule has 0 fully saturated rings. The zero-order chi connectivity index (χ0) is 21.1. The first-order valence-corrected chi connectivity index (χ1v) is 9.37. The van der Waals surface area contributed by atoms with E-state index < -0.39 is 0 Å². The predicted octanol–water partition coefficient (Wildman–Crippen LogP) is 3.83. The number of nitrogens with zero attached hydrogens (tertiary/aromatic N) is 4. The molecule has 0 N–H and O–H groups in total. The third kappa shape index (κ3) is 4.06. The number of imidazole rings is 1. The second-order valence-corrected chi connectivity index (χ2v) is 6.53. The third-order valence-corrected chi connectivity index (χ3v) is 4.33. The van der Waals surface area contributed by atoms with Gasteiger partial charge in [-0.2, -0.15) is 0 Å². The number of Topliss-reactive ketones (excluding diaryl/α,β-unsaturated/α-hetero) is 1. The lowest BCUT2D eigenvalue weighted by atomic mass is 10.1. The van der Waals surface area contributed by atoms with E-state index in [0.717, 1.165) is 0 Å². The second-order valence-electron chi connectivity index (χ2n) is 6.09. The van der Waals surface area contributed by atoms with Crippen LogP contribution in [0.3, 0.4) is 0 Å². The van der Waals surface area contributed by atoms with Crippen LogP contribution in [-0.4, -0.2) is 34.8 Å². The number of ketones is 1. The summed E-state index contributed by atoms with van der Waals surface area (Å²) in [5, 5.41) is 6.19. The first kappa shape index (κ1) is 19.7. The van der Waals surface area contributed by atoms with Crippen LogP contribution >= 0.6 is 11.6 Å². The first-order chi connectivity index (χ1) is 14.5. The lowest BCUT2D eigenvalue weighted by Gasteiger charge is -2.24. The van der Waals surface area contributed by atoms with Crippen LogP contribution in [0.25, 0.3) is 0 Å². The minimum absolute atomic E-state index is 0.185. The van der Waals surface area contributed by atoms with Gasteiger partial charge in [0.25, 0.3) is 5.88 Å². The molecule has 0 saturated heterocycles. The summed E-state index contributed by atoms with van der Waals surface area (Å²) in [5.41, 5.74) is 0.957. The number of hydrogen-bond acceptors (Lipinski definition) is 7. The van der Waals surface area contributed by atoms with Crippen molar-refractivity contribution < 1.29 is 23.5 Å². The normalized spacial score (nSPS) is 12.6. The number of ether oxygens (including phenoxy) is 2. The molecule has 0 atom stereocenters. The van der Waals surface area contributed by atoms with Crippen LogP contribution in [0.5, 0.6) is 5.88 Å². The van der Waals surface area contributed by atoms with E-state index in [2.05, 4.69) is 10.1 Å². The maximum absolute atomic E-state index is 13.3. The number of rotatable bonds is 6. The molecule has 0 aliphatic carbocycles. The van der Waals surface area contributed by atoms with Crippen molar-refractivity contribution in [3.05, 3.63) is 71.3 Å². The molecule has 0 bridgehead atoms. The molecule has 1 aromatic heterocycles. The van der Waals surface area contributed by atoms with Crippen LogP contribution in [0.15, 0.2) is 60.0 Å². The van der Waals surface area contributed by atoms with Gasteiger partial charge in [0.1, 0.15) is 18.8 Å². The minimum Gasteiger partial charge on any atom is -0.441 e. The smallest absolute Gasteiger partial charge is 0.414 e. The monoisotopic (exact) mass is 430 g/mol. The highest BCUT2D eigenvalue weighted by atomic mass is 35.5. The van der Waals surface area contributed by atoms with Crippen molar-refractivity contribution in [2.24, 2.45) is 5.10 Å². The SMILES string of the molecule is CCOn1cnc2c1OC(OCC(=O)c1ccc(Cl)cc1)=NN2c1ccc(F)cc1. The van der Waals surface area contributed by atoms with E-state index in [1.807, 2.05) is 6.92 Å². The van der Waals surface area contributed by atoms with E-state index in [1.165, 1.54) is 40.3 Å². The number of hydrazone groups is 1. The van der Waals surface area contributed by atoms with Crippen LogP contribution in [0.2, 0.25) is 5.02 Å². The summed E-state index contributed by atoms with van der Waals surface area (Å²) in [4.78, 5) is 22.1. The van der Waals surface area contributed by atoms with Gasteiger partial charge in [0, 0.05) is 10.6 Å². The van der Waals surface area contributed by atoms with Gasteiger partial charge in [-0.05, 0) is 55.5 Å². The van der Waals surface area contributed by atoms with Gasteiger partial charge in [0.05, 0.1) is 5.69 Å². The molecule has 30 heavy (non-hydrogen) atoms. The standard InChI is InChI=1S/C20H16ClFN4O4/c1-2-29-25-12-23-18-19(25)30-20(24-26(18)16-9-7-15(22)8-10-16)28-11-17(27)13-3-5-14(21)6-4-13/h3-10,12H,2,11H2,1H3. The number of aromatic nitrogens is 2. The van der Waals surface area contributed by atoms with Gasteiger partial charge in [-0.3, -0.25) is 4.79 Å². The van der Waals surface area contributed by atoms with Crippen molar-refractivity contribution in [3.63, 3.8) is 0 Å². The van der Waals surface area contributed by atoms with Gasteiger partial charge >= 0.3 is 6.08 Å². The van der Waals surface area contributed by atoms with Gasteiger partial charge < -0.3 is 14.3 Å². The van der Waals surface area contributed by atoms with Crippen LogP contribution in [-0.2, 0) is 4.74 Å². The van der Waals surface area contributed by atoms with Crippen molar-refractivity contribution in [3.8, 4) is 5.88 Å². The molecule has 1 aliphatic heterocycles. The Kier molecular flexibility index (Phi) is 5.53. The van der Waals surface area contributed by atoms with Gasteiger partial charge in [-0.25, -0.2) is 14.4 Å². The molecule has 0 amide bonds. The van der Waals surface area contributed by atoms with Crippen molar-refractivity contribution in [1.82, 2.24) is 9.71 Å². The van der Waals surface area contributed by atoms with Gasteiger partial charge in [-0.15, -0.1) is 4.73 Å². The van der Waals surface area contributed by atoms with Crippen LogP contribution < -0.4 is 14.6 Å². The third-order valence-electron chi connectivity index (χ3n) is 4.07. The molecule has 1 aliphatic rings. The van der Waals surface area contributed by atoms with Crippen molar-refractivity contribution >= 4 is 35.0 Å². The Labute approximate surface area is 176 Å². The second kappa shape index (κ2) is 8.42. The molecule has 2 heterocycles. The number of hydrogen-bond donors (Lipinski definition) is 0. The fraction of sp³-hybridized carbons (Fsp3) is 0.150. The molecule has 4 rings (SSSR count). The van der Waals surface area contributed by atoms with Crippen molar-refractivity contribution in [1.29, 1.82) is 0 Å². The number of fused-ring (bicyclic) bond motifs is 1. The molecule has 0 spiro atoms. The highest BCUT2D eigenvalue weighted by Gasteiger charge is 2.30. The highest BCUT2D eigenvalue weighted by Crippen LogP contribution is 2.36. The Morgan fingerprint density at radius 1 is 1.17 bits per heavy atom. The Morgan fingerprint density at radius 2 is 1.90 bits per heavy atom. The molecule has 2 aromatic carbocycles. The summed E-state index contributed by atoms with van der Waals surface area (Å²) in [6.45, 7) is 1.87. The van der Waals surface area contributed by atoms with Gasteiger partial charge in [0.15, 0.2) is 12.4 Å². The predicted molar refractivity (Wildman–Crippen MR) is 108 cm³/mol. The minimum atomic E-state index is -0.388. The van der Waals surface area contributed by atoms with Gasteiger partial charge in [-0.1, -0.05) is 16.7 Å². The zero-order valence-electron chi connectivity index (χ0n) is 15.8. The lowest BCUT2D eigenvalue weighted by molar-refractivity contribution is 0.0855. The average molecular weight is 431 g/mol. The van der Waals surface area contributed by atoms with E-state index in [4.69, 9.17) is 25.9 Å².